The Kier molecular flexibility index (Phi) is 4.89. The van der Waals surface area contributed by atoms with Crippen molar-refractivity contribution in [2.45, 2.75) is 6.92 Å². The maximum Gasteiger partial charge on any atom is 0.271 e. The molecule has 7 heteroatoms. The Labute approximate surface area is 149 Å². The lowest BCUT2D eigenvalue weighted by atomic mass is 10.1. The van der Waals surface area contributed by atoms with Crippen molar-refractivity contribution in [1.29, 1.82) is 0 Å². The summed E-state index contributed by atoms with van der Waals surface area (Å²) in [6.07, 6.45) is 1.39. The topological polar surface area (TPSA) is 97.7 Å². The molecule has 0 saturated carbocycles. The quantitative estimate of drug-likeness (QED) is 0.429. The number of rotatable bonds is 5. The van der Waals surface area contributed by atoms with E-state index < -0.39 is 4.92 Å². The van der Waals surface area contributed by atoms with E-state index in [1.807, 2.05) is 6.07 Å². The van der Waals surface area contributed by atoms with Crippen molar-refractivity contribution in [3.8, 4) is 11.3 Å². The van der Waals surface area contributed by atoms with Crippen LogP contribution in [0.2, 0.25) is 0 Å². The van der Waals surface area contributed by atoms with Crippen LogP contribution in [0.3, 0.4) is 0 Å². The van der Waals surface area contributed by atoms with E-state index in [0.717, 1.165) is 11.1 Å². The number of nitrogens with one attached hydrogen (secondary N) is 1. The number of hydrogen-bond acceptors (Lipinski definition) is 5. The molecular weight excluding hydrogens is 334 g/mol. The van der Waals surface area contributed by atoms with E-state index in [2.05, 4.69) is 10.5 Å². The molecular formula is C19H15N3O4. The van der Waals surface area contributed by atoms with Gasteiger partial charge in [0.25, 0.3) is 11.6 Å². The fraction of sp³-hybridized carbons (Fsp3) is 0.0526. The van der Waals surface area contributed by atoms with Gasteiger partial charge in [0.05, 0.1) is 11.1 Å². The zero-order valence-electron chi connectivity index (χ0n) is 13.9. The number of hydrogen-bond donors (Lipinski definition) is 1. The van der Waals surface area contributed by atoms with Gasteiger partial charge in [0.2, 0.25) is 0 Å². The molecule has 0 saturated heterocycles. The van der Waals surface area contributed by atoms with E-state index in [1.165, 1.54) is 18.3 Å². The molecule has 7 nitrogen and oxygen atoms in total. The van der Waals surface area contributed by atoms with Crippen molar-refractivity contribution in [3.05, 3.63) is 87.7 Å². The Balaban J connectivity index is 1.70. The van der Waals surface area contributed by atoms with Crippen LogP contribution < -0.4 is 5.43 Å². The van der Waals surface area contributed by atoms with Crippen molar-refractivity contribution in [2.24, 2.45) is 5.10 Å². The maximum absolute atomic E-state index is 11.9. The van der Waals surface area contributed by atoms with Crippen molar-refractivity contribution < 1.29 is 14.1 Å². The number of carbonyl (C=O) groups excluding carboxylic acids is 1. The molecule has 0 aliphatic carbocycles. The fourth-order valence-corrected chi connectivity index (χ4v) is 2.41. The minimum absolute atomic E-state index is 0.0308. The molecule has 2 aromatic carbocycles. The highest BCUT2D eigenvalue weighted by molar-refractivity contribution is 5.94. The Bertz CT molecular complexity index is 977. The summed E-state index contributed by atoms with van der Waals surface area (Å²) in [6, 6.07) is 16.7. The van der Waals surface area contributed by atoms with Gasteiger partial charge >= 0.3 is 0 Å². The smallest absolute Gasteiger partial charge is 0.271 e. The fourth-order valence-electron chi connectivity index (χ4n) is 2.41. The number of furan rings is 1. The summed E-state index contributed by atoms with van der Waals surface area (Å²) in [4.78, 5) is 22.3. The second-order valence-electron chi connectivity index (χ2n) is 5.52. The summed E-state index contributed by atoms with van der Waals surface area (Å²) >= 11 is 0. The molecule has 26 heavy (non-hydrogen) atoms. The Morgan fingerprint density at radius 2 is 1.92 bits per heavy atom. The molecule has 3 rings (SSSR count). The van der Waals surface area contributed by atoms with Gasteiger partial charge in [-0.25, -0.2) is 5.43 Å². The van der Waals surface area contributed by atoms with Gasteiger partial charge in [-0.05, 0) is 42.8 Å². The first kappa shape index (κ1) is 17.1. The largest absolute Gasteiger partial charge is 0.455 e. The zero-order valence-corrected chi connectivity index (χ0v) is 13.9. The molecule has 0 spiro atoms. The van der Waals surface area contributed by atoms with Crippen molar-refractivity contribution >= 4 is 17.8 Å². The van der Waals surface area contributed by atoms with Crippen molar-refractivity contribution in [1.82, 2.24) is 5.43 Å². The van der Waals surface area contributed by atoms with Crippen LogP contribution in [0.1, 0.15) is 21.7 Å². The lowest BCUT2D eigenvalue weighted by Crippen LogP contribution is -2.17. The van der Waals surface area contributed by atoms with Gasteiger partial charge in [-0.1, -0.05) is 18.2 Å². The highest BCUT2D eigenvalue weighted by Crippen LogP contribution is 2.28. The Morgan fingerprint density at radius 1 is 1.15 bits per heavy atom. The second kappa shape index (κ2) is 7.43. The third kappa shape index (κ3) is 3.84. The Hall–Kier alpha value is -3.74. The number of nitrogens with zero attached hydrogens (tertiary/aromatic N) is 2. The van der Waals surface area contributed by atoms with Crippen LogP contribution >= 0.6 is 0 Å². The molecule has 1 amide bonds. The molecule has 1 heterocycles. The van der Waals surface area contributed by atoms with Gasteiger partial charge in [0, 0.05) is 23.3 Å². The second-order valence-corrected chi connectivity index (χ2v) is 5.52. The van der Waals surface area contributed by atoms with E-state index in [9.17, 15) is 14.9 Å². The third-order valence-corrected chi connectivity index (χ3v) is 3.71. The number of carbonyl (C=O) groups is 1. The SMILES string of the molecule is Cc1cc([N+](=O)[O-])ccc1-c1ccc(/C=N/NC(=O)c2ccccc2)o1. The highest BCUT2D eigenvalue weighted by Gasteiger charge is 2.12. The minimum atomic E-state index is -0.438. The molecule has 0 atom stereocenters. The summed E-state index contributed by atoms with van der Waals surface area (Å²) in [5.41, 5.74) is 4.44. The van der Waals surface area contributed by atoms with Crippen LogP contribution in [-0.4, -0.2) is 17.0 Å². The number of nitro benzene ring substituents is 1. The first-order valence-corrected chi connectivity index (χ1v) is 7.78. The predicted octanol–water partition coefficient (Wildman–Crippen LogP) is 3.93. The number of non-ortho nitro benzene ring substituents is 1. The average Bonchev–Trinajstić information content (AvgIpc) is 3.10. The highest BCUT2D eigenvalue weighted by atomic mass is 16.6. The lowest BCUT2D eigenvalue weighted by Gasteiger charge is -2.02. The summed E-state index contributed by atoms with van der Waals surface area (Å²) in [5, 5.41) is 14.7. The van der Waals surface area contributed by atoms with Crippen LogP contribution in [0.15, 0.2) is 70.2 Å². The normalized spacial score (nSPS) is 10.8. The molecule has 0 aliphatic rings. The monoisotopic (exact) mass is 349 g/mol. The average molecular weight is 349 g/mol. The first-order chi connectivity index (χ1) is 12.5. The molecule has 0 unspecified atom stereocenters. The summed E-state index contributed by atoms with van der Waals surface area (Å²) in [5.74, 6) is 0.694. The van der Waals surface area contributed by atoms with Crippen LogP contribution in [-0.2, 0) is 0 Å². The van der Waals surface area contributed by atoms with Crippen molar-refractivity contribution in [3.63, 3.8) is 0 Å². The van der Waals surface area contributed by atoms with E-state index in [-0.39, 0.29) is 11.6 Å². The molecule has 0 radical (unpaired) electrons. The molecule has 3 aromatic rings. The molecule has 1 aromatic heterocycles. The zero-order chi connectivity index (χ0) is 18.5. The van der Waals surface area contributed by atoms with Crippen LogP contribution in [0.25, 0.3) is 11.3 Å². The van der Waals surface area contributed by atoms with Crippen LogP contribution in [0.4, 0.5) is 5.69 Å². The number of nitro groups is 1. The van der Waals surface area contributed by atoms with Crippen LogP contribution in [0, 0.1) is 17.0 Å². The standard InChI is InChI=1S/C19H15N3O4/c1-13-11-15(22(24)25)7-9-17(13)18-10-8-16(26-18)12-20-21-19(23)14-5-3-2-4-6-14/h2-12H,1H3,(H,21,23)/b20-12+. The van der Waals surface area contributed by atoms with Gasteiger partial charge < -0.3 is 4.42 Å². The molecule has 1 N–H and O–H groups in total. The molecule has 0 fully saturated rings. The van der Waals surface area contributed by atoms with Crippen molar-refractivity contribution in [2.75, 3.05) is 0 Å². The van der Waals surface area contributed by atoms with Gasteiger partial charge in [0.1, 0.15) is 11.5 Å². The summed E-state index contributed by atoms with van der Waals surface area (Å²) in [6.45, 7) is 1.78. The number of amides is 1. The summed E-state index contributed by atoms with van der Waals surface area (Å²) in [7, 11) is 0. The van der Waals surface area contributed by atoms with E-state index in [0.29, 0.717) is 17.1 Å². The number of aryl methyl sites for hydroxylation is 1. The maximum atomic E-state index is 11.9. The summed E-state index contributed by atoms with van der Waals surface area (Å²) < 4.78 is 5.67. The lowest BCUT2D eigenvalue weighted by molar-refractivity contribution is -0.384. The number of benzene rings is 2. The van der Waals surface area contributed by atoms with Gasteiger partial charge in [0.15, 0.2) is 0 Å². The Morgan fingerprint density at radius 3 is 2.62 bits per heavy atom. The first-order valence-electron chi connectivity index (χ1n) is 7.78. The number of hydrazone groups is 1. The van der Waals surface area contributed by atoms with Crippen LogP contribution in [0.5, 0.6) is 0 Å². The van der Waals surface area contributed by atoms with E-state index >= 15 is 0 Å². The molecule has 130 valence electrons. The van der Waals surface area contributed by atoms with Gasteiger partial charge in [-0.2, -0.15) is 5.10 Å². The molecule has 0 bridgehead atoms. The minimum Gasteiger partial charge on any atom is -0.455 e. The predicted molar refractivity (Wildman–Crippen MR) is 97.0 cm³/mol. The molecule has 0 aliphatic heterocycles. The third-order valence-electron chi connectivity index (χ3n) is 3.71. The van der Waals surface area contributed by atoms with Gasteiger partial charge in [-0.15, -0.1) is 0 Å². The van der Waals surface area contributed by atoms with E-state index in [1.54, 1.807) is 49.4 Å². The van der Waals surface area contributed by atoms with Gasteiger partial charge in [-0.3, -0.25) is 14.9 Å². The van der Waals surface area contributed by atoms with E-state index in [4.69, 9.17) is 4.42 Å².